The van der Waals surface area contributed by atoms with Gasteiger partial charge in [0.05, 0.1) is 26.2 Å². The van der Waals surface area contributed by atoms with E-state index in [2.05, 4.69) is 29.2 Å². The number of methoxy groups -OCH3 is 2. The van der Waals surface area contributed by atoms with Crippen molar-refractivity contribution in [2.24, 2.45) is 0 Å². The van der Waals surface area contributed by atoms with E-state index in [4.69, 9.17) is 9.47 Å². The maximum absolute atomic E-state index is 9.58. The zero-order valence-electron chi connectivity index (χ0n) is 14.0. The molecule has 0 saturated carbocycles. The van der Waals surface area contributed by atoms with Crippen LogP contribution in [-0.4, -0.2) is 28.3 Å². The predicted molar refractivity (Wildman–Crippen MR) is 92.4 cm³/mol. The van der Waals surface area contributed by atoms with Crippen LogP contribution in [0.25, 0.3) is 0 Å². The van der Waals surface area contributed by atoms with Gasteiger partial charge in [-0.15, -0.1) is 0 Å². The zero-order chi connectivity index (χ0) is 16.8. The molecule has 1 atom stereocenters. The first kappa shape index (κ1) is 16.7. The van der Waals surface area contributed by atoms with Crippen LogP contribution in [0.2, 0.25) is 0 Å². The lowest BCUT2D eigenvalue weighted by Gasteiger charge is -2.16. The minimum atomic E-state index is -0.229. The Morgan fingerprint density at radius 3 is 2.39 bits per heavy atom. The minimum absolute atomic E-state index is 0.229. The fourth-order valence-electron chi connectivity index (χ4n) is 2.50. The lowest BCUT2D eigenvalue weighted by atomic mass is 9.92. The molecule has 0 aliphatic carbocycles. The van der Waals surface area contributed by atoms with E-state index in [1.807, 2.05) is 38.4 Å². The zero-order valence-corrected chi connectivity index (χ0v) is 14.0. The summed E-state index contributed by atoms with van der Waals surface area (Å²) in [5.74, 6) is 1.09. The lowest BCUT2D eigenvalue weighted by molar-refractivity contribution is 0.354. The first-order valence-electron chi connectivity index (χ1n) is 7.46. The van der Waals surface area contributed by atoms with Gasteiger partial charge in [-0.25, -0.2) is 0 Å². The molecule has 0 bridgehead atoms. The molecule has 4 heteroatoms. The Morgan fingerprint density at radius 2 is 1.78 bits per heavy atom. The Morgan fingerprint density at radius 1 is 1.04 bits per heavy atom. The number of hydrogen-bond acceptors (Lipinski definition) is 4. The molecule has 0 amide bonds. The van der Waals surface area contributed by atoms with Crippen molar-refractivity contribution >= 4 is 5.69 Å². The summed E-state index contributed by atoms with van der Waals surface area (Å²) >= 11 is 0. The monoisotopic (exact) mass is 310 g/mol. The second kappa shape index (κ2) is 7.55. The number of hydrogen-bond donors (Lipinski definition) is 0. The summed E-state index contributed by atoms with van der Waals surface area (Å²) in [6.45, 7) is 0. The third-order valence-electron chi connectivity index (χ3n) is 3.83. The summed E-state index contributed by atoms with van der Waals surface area (Å²) in [6, 6.07) is 16.3. The molecule has 0 radical (unpaired) electrons. The quantitative estimate of drug-likeness (QED) is 0.817. The summed E-state index contributed by atoms with van der Waals surface area (Å²) in [5, 5.41) is 9.58. The van der Waals surface area contributed by atoms with Gasteiger partial charge in [-0.05, 0) is 41.8 Å². The van der Waals surface area contributed by atoms with Gasteiger partial charge in [0.1, 0.15) is 0 Å². The van der Waals surface area contributed by atoms with Gasteiger partial charge in [0.15, 0.2) is 11.5 Å². The van der Waals surface area contributed by atoms with Crippen molar-refractivity contribution in [3.8, 4) is 17.6 Å². The molecule has 1 unspecified atom stereocenters. The molecule has 0 N–H and O–H groups in total. The molecule has 2 rings (SSSR count). The molecule has 0 aromatic heterocycles. The highest BCUT2D eigenvalue weighted by molar-refractivity contribution is 5.49. The highest BCUT2D eigenvalue weighted by Gasteiger charge is 2.15. The number of benzene rings is 2. The van der Waals surface area contributed by atoms with E-state index in [0.29, 0.717) is 17.9 Å². The Balaban J connectivity index is 2.27. The molecule has 0 spiro atoms. The third kappa shape index (κ3) is 3.95. The molecule has 2 aromatic rings. The van der Waals surface area contributed by atoms with Crippen LogP contribution in [-0.2, 0) is 6.42 Å². The third-order valence-corrected chi connectivity index (χ3v) is 3.83. The van der Waals surface area contributed by atoms with Crippen molar-refractivity contribution in [1.82, 2.24) is 0 Å². The van der Waals surface area contributed by atoms with Gasteiger partial charge in [-0.3, -0.25) is 0 Å². The molecule has 0 fully saturated rings. The van der Waals surface area contributed by atoms with E-state index in [1.165, 1.54) is 0 Å². The first-order chi connectivity index (χ1) is 11.1. The number of rotatable bonds is 6. The normalized spacial score (nSPS) is 11.4. The smallest absolute Gasteiger partial charge is 0.161 e. The van der Waals surface area contributed by atoms with E-state index in [-0.39, 0.29) is 5.92 Å². The molecule has 0 heterocycles. The van der Waals surface area contributed by atoms with E-state index in [0.717, 1.165) is 16.8 Å². The van der Waals surface area contributed by atoms with Crippen molar-refractivity contribution in [1.29, 1.82) is 5.26 Å². The van der Waals surface area contributed by atoms with Crippen LogP contribution in [0.3, 0.4) is 0 Å². The summed E-state index contributed by atoms with van der Waals surface area (Å²) in [5.41, 5.74) is 3.20. The fraction of sp³-hybridized carbons (Fsp3) is 0.316. The molecule has 23 heavy (non-hydrogen) atoms. The van der Waals surface area contributed by atoms with Crippen molar-refractivity contribution in [3.05, 3.63) is 53.6 Å². The molecular weight excluding hydrogens is 288 g/mol. The summed E-state index contributed by atoms with van der Waals surface area (Å²) in [6.07, 6.45) is 0.660. The number of nitrogens with zero attached hydrogens (tertiary/aromatic N) is 2. The van der Waals surface area contributed by atoms with Gasteiger partial charge in [-0.2, -0.15) is 5.26 Å². The van der Waals surface area contributed by atoms with Crippen LogP contribution in [0.15, 0.2) is 42.5 Å². The SMILES string of the molecule is COc1ccc(C(C#N)Cc2cccc(N(C)C)c2)cc1OC. The van der Waals surface area contributed by atoms with Crippen molar-refractivity contribution in [3.63, 3.8) is 0 Å². The maximum atomic E-state index is 9.58. The largest absolute Gasteiger partial charge is 0.493 e. The van der Waals surface area contributed by atoms with E-state index >= 15 is 0 Å². The number of nitriles is 1. The summed E-state index contributed by atoms with van der Waals surface area (Å²) in [4.78, 5) is 2.06. The van der Waals surface area contributed by atoms with Crippen molar-refractivity contribution in [2.45, 2.75) is 12.3 Å². The van der Waals surface area contributed by atoms with Crippen LogP contribution >= 0.6 is 0 Å². The van der Waals surface area contributed by atoms with Gasteiger partial charge in [-0.1, -0.05) is 18.2 Å². The Hall–Kier alpha value is -2.67. The van der Waals surface area contributed by atoms with Crippen LogP contribution in [0.4, 0.5) is 5.69 Å². The number of anilines is 1. The molecule has 2 aromatic carbocycles. The van der Waals surface area contributed by atoms with Gasteiger partial charge in [0.25, 0.3) is 0 Å². The first-order valence-corrected chi connectivity index (χ1v) is 7.46. The highest BCUT2D eigenvalue weighted by atomic mass is 16.5. The van der Waals surface area contributed by atoms with Crippen molar-refractivity contribution < 1.29 is 9.47 Å². The van der Waals surface area contributed by atoms with Crippen LogP contribution in [0, 0.1) is 11.3 Å². The van der Waals surface area contributed by atoms with Gasteiger partial charge in [0, 0.05) is 19.8 Å². The van der Waals surface area contributed by atoms with Gasteiger partial charge in [0.2, 0.25) is 0 Å². The van der Waals surface area contributed by atoms with Gasteiger partial charge >= 0.3 is 0 Å². The topological polar surface area (TPSA) is 45.5 Å². The second-order valence-corrected chi connectivity index (χ2v) is 5.56. The second-order valence-electron chi connectivity index (χ2n) is 5.56. The lowest BCUT2D eigenvalue weighted by Crippen LogP contribution is -2.09. The summed E-state index contributed by atoms with van der Waals surface area (Å²) in [7, 11) is 7.22. The van der Waals surface area contributed by atoms with Gasteiger partial charge < -0.3 is 14.4 Å². The minimum Gasteiger partial charge on any atom is -0.493 e. The molecule has 120 valence electrons. The highest BCUT2D eigenvalue weighted by Crippen LogP contribution is 2.32. The standard InChI is InChI=1S/C19H22N2O2/c1-21(2)17-7-5-6-14(11-17)10-16(13-20)15-8-9-18(22-3)19(12-15)23-4/h5-9,11-12,16H,10H2,1-4H3. The van der Waals surface area contributed by atoms with Crippen LogP contribution in [0.5, 0.6) is 11.5 Å². The molecule has 0 saturated heterocycles. The Kier molecular flexibility index (Phi) is 5.48. The molecule has 4 nitrogen and oxygen atoms in total. The Labute approximate surface area is 137 Å². The van der Waals surface area contributed by atoms with Crippen LogP contribution < -0.4 is 14.4 Å². The predicted octanol–water partition coefficient (Wildman–Crippen LogP) is 3.62. The van der Waals surface area contributed by atoms with E-state index in [9.17, 15) is 5.26 Å². The molecular formula is C19H22N2O2. The molecule has 0 aliphatic rings. The van der Waals surface area contributed by atoms with Crippen molar-refractivity contribution in [2.75, 3.05) is 33.2 Å². The fourth-order valence-corrected chi connectivity index (χ4v) is 2.50. The average Bonchev–Trinajstić information content (AvgIpc) is 2.59. The molecule has 0 aliphatic heterocycles. The Bertz CT molecular complexity index is 705. The average molecular weight is 310 g/mol. The van der Waals surface area contributed by atoms with E-state index < -0.39 is 0 Å². The maximum Gasteiger partial charge on any atom is 0.161 e. The number of ether oxygens (including phenoxy) is 2. The summed E-state index contributed by atoms with van der Waals surface area (Å²) < 4.78 is 10.6. The van der Waals surface area contributed by atoms with E-state index in [1.54, 1.807) is 14.2 Å². The van der Waals surface area contributed by atoms with Crippen LogP contribution in [0.1, 0.15) is 17.0 Å².